The Morgan fingerprint density at radius 2 is 2.33 bits per heavy atom. The van der Waals surface area contributed by atoms with Crippen molar-refractivity contribution in [3.05, 3.63) is 36.9 Å². The molecule has 0 bridgehead atoms. The van der Waals surface area contributed by atoms with Crippen LogP contribution in [0.4, 0.5) is 0 Å². The zero-order chi connectivity index (χ0) is 10.8. The zero-order valence-corrected chi connectivity index (χ0v) is 11.5. The van der Waals surface area contributed by atoms with Crippen molar-refractivity contribution in [2.24, 2.45) is 5.73 Å². The average molecular weight is 303 g/mol. The van der Waals surface area contributed by atoms with Gasteiger partial charge in [0.05, 0.1) is 11.2 Å². The van der Waals surface area contributed by atoms with E-state index in [-0.39, 0.29) is 6.04 Å². The monoisotopic (exact) mass is 302 g/mol. The zero-order valence-electron chi connectivity index (χ0n) is 8.24. The molecule has 2 aromatic rings. The molecule has 1 unspecified atom stereocenters. The molecule has 0 radical (unpaired) electrons. The number of halogens is 1. The van der Waals surface area contributed by atoms with Crippen molar-refractivity contribution in [1.29, 1.82) is 0 Å². The van der Waals surface area contributed by atoms with Crippen LogP contribution in [-0.2, 0) is 6.42 Å². The first-order valence-corrected chi connectivity index (χ1v) is 7.10. The molecule has 0 aliphatic carbocycles. The van der Waals surface area contributed by atoms with E-state index < -0.39 is 0 Å². The maximum atomic E-state index is 6.14. The van der Waals surface area contributed by atoms with Crippen molar-refractivity contribution in [3.8, 4) is 0 Å². The Morgan fingerprint density at radius 3 is 2.87 bits per heavy atom. The van der Waals surface area contributed by atoms with Gasteiger partial charge < -0.3 is 5.73 Å². The lowest BCUT2D eigenvalue weighted by atomic mass is 10.1. The molecule has 2 nitrogen and oxygen atoms in total. The van der Waals surface area contributed by atoms with Gasteiger partial charge in [0.1, 0.15) is 0 Å². The fourth-order valence-electron chi connectivity index (χ4n) is 1.44. The summed E-state index contributed by atoms with van der Waals surface area (Å²) in [6.07, 6.45) is 0.888. The summed E-state index contributed by atoms with van der Waals surface area (Å²) < 4.78 is 1.13. The average Bonchev–Trinajstić information content (AvgIpc) is 2.75. The van der Waals surface area contributed by atoms with Crippen LogP contribution in [0.5, 0.6) is 0 Å². The van der Waals surface area contributed by atoms with Gasteiger partial charge in [0.2, 0.25) is 0 Å². The number of nitrogens with two attached hydrogens (primary N) is 1. The standard InChI is InChI=1S/C10H11BrN2S2/c1-6-10(15-5-13-6)9(12)3-8-2-7(11)4-14-8/h2,4-5,9H,3,12H2,1H3. The lowest BCUT2D eigenvalue weighted by Crippen LogP contribution is -2.12. The molecule has 1 atom stereocenters. The third-order valence-corrected chi connectivity index (χ3v) is 4.95. The van der Waals surface area contributed by atoms with E-state index in [4.69, 9.17) is 5.73 Å². The van der Waals surface area contributed by atoms with Crippen molar-refractivity contribution in [2.75, 3.05) is 0 Å². The van der Waals surface area contributed by atoms with Crippen molar-refractivity contribution in [2.45, 2.75) is 19.4 Å². The van der Waals surface area contributed by atoms with E-state index >= 15 is 0 Å². The minimum atomic E-state index is 0.0723. The number of thiophene rings is 1. The Kier molecular flexibility index (Phi) is 3.56. The third-order valence-electron chi connectivity index (χ3n) is 2.16. The van der Waals surface area contributed by atoms with Crippen LogP contribution in [0.25, 0.3) is 0 Å². The molecule has 0 aliphatic rings. The molecule has 15 heavy (non-hydrogen) atoms. The van der Waals surface area contributed by atoms with E-state index in [0.29, 0.717) is 0 Å². The first kappa shape index (κ1) is 11.3. The summed E-state index contributed by atoms with van der Waals surface area (Å²) in [5, 5.41) is 2.08. The molecule has 0 amide bonds. The van der Waals surface area contributed by atoms with Crippen LogP contribution in [0, 0.1) is 6.92 Å². The Labute approximate surface area is 105 Å². The summed E-state index contributed by atoms with van der Waals surface area (Å²) in [5.74, 6) is 0. The van der Waals surface area contributed by atoms with Crippen LogP contribution in [0.15, 0.2) is 21.4 Å². The molecule has 80 valence electrons. The largest absolute Gasteiger partial charge is 0.323 e. The number of rotatable bonds is 3. The van der Waals surface area contributed by atoms with Crippen molar-refractivity contribution >= 4 is 38.6 Å². The van der Waals surface area contributed by atoms with Crippen LogP contribution in [0.3, 0.4) is 0 Å². The highest BCUT2D eigenvalue weighted by atomic mass is 79.9. The van der Waals surface area contributed by atoms with Crippen LogP contribution >= 0.6 is 38.6 Å². The lowest BCUT2D eigenvalue weighted by Gasteiger charge is -2.08. The molecule has 0 saturated carbocycles. The maximum Gasteiger partial charge on any atom is 0.0798 e. The number of hydrogen-bond donors (Lipinski definition) is 1. The highest BCUT2D eigenvalue weighted by molar-refractivity contribution is 9.10. The molecule has 2 N–H and O–H groups in total. The van der Waals surface area contributed by atoms with Gasteiger partial charge in [-0.3, -0.25) is 0 Å². The first-order chi connectivity index (χ1) is 7.16. The van der Waals surface area contributed by atoms with Gasteiger partial charge >= 0.3 is 0 Å². The van der Waals surface area contributed by atoms with Gasteiger partial charge in [0, 0.05) is 32.1 Å². The molecule has 2 heterocycles. The number of aryl methyl sites for hydroxylation is 1. The lowest BCUT2D eigenvalue weighted by molar-refractivity contribution is 0.737. The van der Waals surface area contributed by atoms with Crippen LogP contribution in [0.2, 0.25) is 0 Å². The number of aromatic nitrogens is 1. The number of thiazole rings is 1. The highest BCUT2D eigenvalue weighted by Gasteiger charge is 2.13. The van der Waals surface area contributed by atoms with Crippen molar-refractivity contribution in [3.63, 3.8) is 0 Å². The Morgan fingerprint density at radius 1 is 1.53 bits per heavy atom. The van der Waals surface area contributed by atoms with Gasteiger partial charge in [0.25, 0.3) is 0 Å². The second kappa shape index (κ2) is 4.74. The van der Waals surface area contributed by atoms with Gasteiger partial charge in [-0.25, -0.2) is 4.98 Å². The molecule has 0 fully saturated rings. The van der Waals surface area contributed by atoms with E-state index in [2.05, 4.69) is 32.4 Å². The smallest absolute Gasteiger partial charge is 0.0798 e. The molecule has 5 heteroatoms. The normalized spacial score (nSPS) is 13.0. The second-order valence-corrected chi connectivity index (χ2v) is 6.14. The summed E-state index contributed by atoms with van der Waals surface area (Å²) >= 11 is 6.82. The summed E-state index contributed by atoms with van der Waals surface area (Å²) in [4.78, 5) is 6.72. The quantitative estimate of drug-likeness (QED) is 0.942. The minimum Gasteiger partial charge on any atom is -0.323 e. The second-order valence-electron chi connectivity index (χ2n) is 3.34. The van der Waals surface area contributed by atoms with E-state index in [1.165, 1.54) is 9.75 Å². The topological polar surface area (TPSA) is 38.9 Å². The fraction of sp³-hybridized carbons (Fsp3) is 0.300. The summed E-state index contributed by atoms with van der Waals surface area (Å²) in [6.45, 7) is 2.01. The number of nitrogens with zero attached hydrogens (tertiary/aromatic N) is 1. The van der Waals surface area contributed by atoms with Gasteiger partial charge in [-0.1, -0.05) is 0 Å². The molecule has 2 rings (SSSR count). The van der Waals surface area contributed by atoms with Gasteiger partial charge in [-0.05, 0) is 28.9 Å². The molecular weight excluding hydrogens is 292 g/mol. The summed E-state index contributed by atoms with van der Waals surface area (Å²) in [6, 6.07) is 2.20. The van der Waals surface area contributed by atoms with E-state index in [9.17, 15) is 0 Å². The molecule has 0 saturated heterocycles. The number of hydrogen-bond acceptors (Lipinski definition) is 4. The van der Waals surface area contributed by atoms with E-state index in [1.54, 1.807) is 22.7 Å². The summed E-state index contributed by atoms with van der Waals surface area (Å²) in [5.41, 5.74) is 9.06. The molecule has 2 aromatic heterocycles. The van der Waals surface area contributed by atoms with Crippen LogP contribution < -0.4 is 5.73 Å². The first-order valence-electron chi connectivity index (χ1n) is 4.55. The van der Waals surface area contributed by atoms with Crippen LogP contribution in [-0.4, -0.2) is 4.98 Å². The van der Waals surface area contributed by atoms with E-state index in [0.717, 1.165) is 16.6 Å². The molecule has 0 aliphatic heterocycles. The predicted molar refractivity (Wildman–Crippen MR) is 69.5 cm³/mol. The van der Waals surface area contributed by atoms with Crippen molar-refractivity contribution < 1.29 is 0 Å². The van der Waals surface area contributed by atoms with Gasteiger partial charge in [0.15, 0.2) is 0 Å². The molecule has 0 spiro atoms. The fourth-order valence-corrected chi connectivity index (χ4v) is 3.75. The minimum absolute atomic E-state index is 0.0723. The third kappa shape index (κ3) is 2.66. The maximum absolute atomic E-state index is 6.14. The predicted octanol–water partition coefficient (Wildman–Crippen LogP) is 3.52. The SMILES string of the molecule is Cc1ncsc1C(N)Cc1cc(Br)cs1. The van der Waals surface area contributed by atoms with E-state index in [1.807, 2.05) is 12.4 Å². The Hall–Kier alpha value is -0.230. The summed E-state index contributed by atoms with van der Waals surface area (Å²) in [7, 11) is 0. The van der Waals surface area contributed by atoms with Crippen molar-refractivity contribution in [1.82, 2.24) is 4.98 Å². The van der Waals surface area contributed by atoms with Gasteiger partial charge in [-0.15, -0.1) is 22.7 Å². The molecule has 0 aromatic carbocycles. The van der Waals surface area contributed by atoms with Crippen LogP contribution in [0.1, 0.15) is 21.5 Å². The Balaban J connectivity index is 2.10. The Bertz CT molecular complexity index is 450. The van der Waals surface area contributed by atoms with Gasteiger partial charge in [-0.2, -0.15) is 0 Å². The highest BCUT2D eigenvalue weighted by Crippen LogP contribution is 2.27. The molecular formula is C10H11BrN2S2.